The van der Waals surface area contributed by atoms with Gasteiger partial charge in [-0.05, 0) is 25.7 Å². The molecule has 1 rings (SSSR count). The molecule has 1 unspecified atom stereocenters. The van der Waals surface area contributed by atoms with Crippen LogP contribution < -0.4 is 0 Å². The van der Waals surface area contributed by atoms with Gasteiger partial charge in [-0.15, -0.1) is 0 Å². The Morgan fingerprint density at radius 3 is 2.43 bits per heavy atom. The van der Waals surface area contributed by atoms with Crippen LogP contribution in [0.2, 0.25) is 0 Å². The van der Waals surface area contributed by atoms with E-state index in [9.17, 15) is 4.79 Å². The molecule has 1 aliphatic rings. The van der Waals surface area contributed by atoms with Crippen LogP contribution in [-0.2, 0) is 9.53 Å². The summed E-state index contributed by atoms with van der Waals surface area (Å²) in [6.07, 6.45) is 7.47. The average molecular weight is 263 g/mol. The molecule has 0 heterocycles. The Bertz CT molecular complexity index is 174. The molecule has 0 aromatic heterocycles. The van der Waals surface area contributed by atoms with E-state index in [1.165, 1.54) is 25.7 Å². The first kappa shape index (κ1) is 12.0. The zero-order valence-corrected chi connectivity index (χ0v) is 10.4. The van der Waals surface area contributed by atoms with Crippen molar-refractivity contribution in [1.29, 1.82) is 0 Å². The summed E-state index contributed by atoms with van der Waals surface area (Å²) in [5.41, 5.74) is 0. The van der Waals surface area contributed by atoms with Crippen LogP contribution >= 0.6 is 15.9 Å². The van der Waals surface area contributed by atoms with Gasteiger partial charge in [-0.25, -0.2) is 0 Å². The van der Waals surface area contributed by atoms with Crippen LogP contribution in [0.1, 0.15) is 45.4 Å². The van der Waals surface area contributed by atoms with Crippen LogP contribution in [0.4, 0.5) is 0 Å². The summed E-state index contributed by atoms with van der Waals surface area (Å²) >= 11 is 3.47. The number of carbonyl (C=O) groups excluding carboxylic acids is 1. The smallest absolute Gasteiger partial charge is 0.319 e. The molecule has 0 aromatic carbocycles. The molecule has 1 aliphatic carbocycles. The molecule has 0 saturated heterocycles. The van der Waals surface area contributed by atoms with E-state index in [1.807, 2.05) is 6.92 Å². The molecule has 2 nitrogen and oxygen atoms in total. The Kier molecular flexibility index (Phi) is 5.53. The lowest BCUT2D eigenvalue weighted by atomic mass is 9.97. The van der Waals surface area contributed by atoms with Crippen LogP contribution in [0.15, 0.2) is 0 Å². The first-order valence-corrected chi connectivity index (χ1v) is 6.48. The van der Waals surface area contributed by atoms with Gasteiger partial charge in [0.05, 0.1) is 6.61 Å². The SMILES string of the molecule is CCOC(=O)C(Br)C1CCCCCC1. The van der Waals surface area contributed by atoms with Crippen molar-refractivity contribution in [2.75, 3.05) is 6.61 Å². The van der Waals surface area contributed by atoms with Crippen LogP contribution in [0.25, 0.3) is 0 Å². The van der Waals surface area contributed by atoms with Crippen molar-refractivity contribution in [2.24, 2.45) is 5.92 Å². The van der Waals surface area contributed by atoms with E-state index < -0.39 is 0 Å². The molecule has 0 bridgehead atoms. The lowest BCUT2D eigenvalue weighted by Crippen LogP contribution is -2.25. The van der Waals surface area contributed by atoms with Crippen LogP contribution in [0, 0.1) is 5.92 Å². The van der Waals surface area contributed by atoms with E-state index >= 15 is 0 Å². The lowest BCUT2D eigenvalue weighted by molar-refractivity contribution is -0.143. The Labute approximate surface area is 94.5 Å². The summed E-state index contributed by atoms with van der Waals surface area (Å²) in [6.45, 7) is 2.33. The summed E-state index contributed by atoms with van der Waals surface area (Å²) in [6, 6.07) is 0. The van der Waals surface area contributed by atoms with Gasteiger partial charge in [0.25, 0.3) is 0 Å². The molecular formula is C11H19BrO2. The van der Waals surface area contributed by atoms with Gasteiger partial charge >= 0.3 is 5.97 Å². The molecular weight excluding hydrogens is 244 g/mol. The molecule has 0 aromatic rings. The van der Waals surface area contributed by atoms with E-state index in [1.54, 1.807) is 0 Å². The number of hydrogen-bond acceptors (Lipinski definition) is 2. The van der Waals surface area contributed by atoms with Crippen molar-refractivity contribution in [1.82, 2.24) is 0 Å². The standard InChI is InChI=1S/C11H19BrO2/c1-2-14-11(13)10(12)9-7-5-3-4-6-8-9/h9-10H,2-8H2,1H3. The number of rotatable bonds is 3. The maximum absolute atomic E-state index is 11.5. The summed E-state index contributed by atoms with van der Waals surface area (Å²) in [5, 5.41) is 0. The predicted molar refractivity (Wildman–Crippen MR) is 60.5 cm³/mol. The number of alkyl halides is 1. The number of esters is 1. The second-order valence-corrected chi connectivity index (χ2v) is 4.89. The van der Waals surface area contributed by atoms with Gasteiger partial charge in [0.2, 0.25) is 0 Å². The molecule has 14 heavy (non-hydrogen) atoms. The van der Waals surface area contributed by atoms with Crippen molar-refractivity contribution < 1.29 is 9.53 Å². The highest BCUT2D eigenvalue weighted by molar-refractivity contribution is 9.10. The van der Waals surface area contributed by atoms with Gasteiger partial charge in [-0.3, -0.25) is 4.79 Å². The van der Waals surface area contributed by atoms with Gasteiger partial charge in [-0.1, -0.05) is 41.6 Å². The highest BCUT2D eigenvalue weighted by atomic mass is 79.9. The summed E-state index contributed by atoms with van der Waals surface area (Å²) < 4.78 is 5.01. The molecule has 82 valence electrons. The summed E-state index contributed by atoms with van der Waals surface area (Å²) in [7, 11) is 0. The quantitative estimate of drug-likeness (QED) is 0.443. The molecule has 1 atom stereocenters. The largest absolute Gasteiger partial charge is 0.465 e. The van der Waals surface area contributed by atoms with E-state index in [-0.39, 0.29) is 10.8 Å². The highest BCUT2D eigenvalue weighted by Gasteiger charge is 2.27. The molecule has 0 aliphatic heterocycles. The van der Waals surface area contributed by atoms with Gasteiger partial charge in [0.15, 0.2) is 0 Å². The first-order chi connectivity index (χ1) is 6.75. The lowest BCUT2D eigenvalue weighted by Gasteiger charge is -2.18. The van der Waals surface area contributed by atoms with Crippen molar-refractivity contribution in [3.05, 3.63) is 0 Å². The van der Waals surface area contributed by atoms with Crippen molar-refractivity contribution >= 4 is 21.9 Å². The number of carbonyl (C=O) groups is 1. The third-order valence-electron chi connectivity index (χ3n) is 2.83. The van der Waals surface area contributed by atoms with Gasteiger partial charge in [0, 0.05) is 0 Å². The third kappa shape index (κ3) is 3.60. The van der Waals surface area contributed by atoms with Gasteiger partial charge < -0.3 is 4.74 Å². The van der Waals surface area contributed by atoms with E-state index in [4.69, 9.17) is 4.74 Å². The van der Waals surface area contributed by atoms with E-state index in [2.05, 4.69) is 15.9 Å². The number of hydrogen-bond donors (Lipinski definition) is 0. The maximum Gasteiger partial charge on any atom is 0.319 e. The third-order valence-corrected chi connectivity index (χ3v) is 3.95. The van der Waals surface area contributed by atoms with Crippen molar-refractivity contribution in [2.45, 2.75) is 50.3 Å². The molecule has 0 amide bonds. The zero-order chi connectivity index (χ0) is 10.4. The summed E-state index contributed by atoms with van der Waals surface area (Å²) in [4.78, 5) is 11.4. The fraction of sp³-hybridized carbons (Fsp3) is 0.909. The van der Waals surface area contributed by atoms with Crippen molar-refractivity contribution in [3.63, 3.8) is 0 Å². The van der Waals surface area contributed by atoms with E-state index in [0.29, 0.717) is 12.5 Å². The predicted octanol–water partition coefficient (Wildman–Crippen LogP) is 3.28. The minimum atomic E-state index is -0.0839. The van der Waals surface area contributed by atoms with Gasteiger partial charge in [-0.2, -0.15) is 0 Å². The zero-order valence-electron chi connectivity index (χ0n) is 8.80. The first-order valence-electron chi connectivity index (χ1n) is 5.56. The number of ether oxygens (including phenoxy) is 1. The molecule has 0 N–H and O–H groups in total. The van der Waals surface area contributed by atoms with Gasteiger partial charge in [0.1, 0.15) is 4.83 Å². The monoisotopic (exact) mass is 262 g/mol. The second kappa shape index (κ2) is 6.44. The molecule has 0 radical (unpaired) electrons. The van der Waals surface area contributed by atoms with Crippen LogP contribution in [0.3, 0.4) is 0 Å². The normalized spacial score (nSPS) is 21.3. The average Bonchev–Trinajstić information content (AvgIpc) is 2.45. The minimum Gasteiger partial charge on any atom is -0.465 e. The fourth-order valence-corrected chi connectivity index (χ4v) is 2.68. The van der Waals surface area contributed by atoms with Crippen LogP contribution in [-0.4, -0.2) is 17.4 Å². The van der Waals surface area contributed by atoms with Crippen molar-refractivity contribution in [3.8, 4) is 0 Å². The minimum absolute atomic E-state index is 0.0828. The number of halogens is 1. The highest BCUT2D eigenvalue weighted by Crippen LogP contribution is 2.29. The molecule has 0 spiro atoms. The Hall–Kier alpha value is -0.0500. The molecule has 3 heteroatoms. The van der Waals surface area contributed by atoms with E-state index in [0.717, 1.165) is 12.8 Å². The van der Waals surface area contributed by atoms with Crippen LogP contribution in [0.5, 0.6) is 0 Å². The molecule has 1 fully saturated rings. The summed E-state index contributed by atoms with van der Waals surface area (Å²) in [5.74, 6) is 0.399. The Balaban J connectivity index is 2.40. The second-order valence-electron chi connectivity index (χ2n) is 3.91. The fourth-order valence-electron chi connectivity index (χ4n) is 2.02. The Morgan fingerprint density at radius 1 is 1.36 bits per heavy atom. The topological polar surface area (TPSA) is 26.3 Å². The maximum atomic E-state index is 11.5. The molecule has 1 saturated carbocycles. The Morgan fingerprint density at radius 2 is 1.93 bits per heavy atom.